The van der Waals surface area contributed by atoms with Gasteiger partial charge in [-0.1, -0.05) is 0 Å². The Morgan fingerprint density at radius 2 is 1.95 bits per heavy atom. The molecule has 0 spiro atoms. The van der Waals surface area contributed by atoms with Crippen LogP contribution in [0, 0.1) is 5.92 Å². The normalized spacial score (nSPS) is 20.3. The third kappa shape index (κ3) is 4.47. The van der Waals surface area contributed by atoms with E-state index in [9.17, 15) is 14.4 Å². The molecule has 1 aliphatic rings. The van der Waals surface area contributed by atoms with Crippen LogP contribution in [-0.4, -0.2) is 60.5 Å². The van der Waals surface area contributed by atoms with Crippen molar-refractivity contribution in [3.05, 3.63) is 11.9 Å². The lowest BCUT2D eigenvalue weighted by Crippen LogP contribution is -2.35. The smallest absolute Gasteiger partial charge is 0.415 e. The lowest BCUT2D eigenvalue weighted by Gasteiger charge is -2.25. The van der Waals surface area contributed by atoms with E-state index >= 15 is 0 Å². The van der Waals surface area contributed by atoms with Gasteiger partial charge in [-0.25, -0.2) is 4.79 Å². The summed E-state index contributed by atoms with van der Waals surface area (Å²) < 4.78 is 10.2. The van der Waals surface area contributed by atoms with E-state index in [1.54, 1.807) is 46.7 Å². The quantitative estimate of drug-likeness (QED) is 0.445. The maximum atomic E-state index is 12.4. The molecule has 0 aromatic carbocycles. The van der Waals surface area contributed by atoms with Crippen molar-refractivity contribution in [3.8, 4) is 0 Å². The Bertz CT molecular complexity index is 491. The molecular formula is C15H24N2O5. The molecule has 7 heteroatoms. The number of allylic oxidation sites excluding steroid dienone is 1. The van der Waals surface area contributed by atoms with E-state index in [1.807, 2.05) is 0 Å². The SMILES string of the molecule is CCOC(=O)C1CN(C(=O)OC(C)(C)C)/C(=C\N(C)C)C1=O. The van der Waals surface area contributed by atoms with Gasteiger partial charge in [0, 0.05) is 20.3 Å². The van der Waals surface area contributed by atoms with Crippen LogP contribution >= 0.6 is 0 Å². The highest BCUT2D eigenvalue weighted by Gasteiger charge is 2.45. The van der Waals surface area contributed by atoms with Crippen molar-refractivity contribution < 1.29 is 23.9 Å². The fourth-order valence-corrected chi connectivity index (χ4v) is 1.97. The summed E-state index contributed by atoms with van der Waals surface area (Å²) in [4.78, 5) is 39.4. The predicted octanol–water partition coefficient (Wildman–Crippen LogP) is 1.39. The van der Waals surface area contributed by atoms with Gasteiger partial charge in [0.05, 0.1) is 13.2 Å². The van der Waals surface area contributed by atoms with Gasteiger partial charge in [0.2, 0.25) is 0 Å². The van der Waals surface area contributed by atoms with Gasteiger partial charge in [0.15, 0.2) is 5.78 Å². The molecule has 0 aromatic rings. The Morgan fingerprint density at radius 1 is 1.36 bits per heavy atom. The minimum absolute atomic E-state index is 0.0632. The van der Waals surface area contributed by atoms with E-state index in [0.29, 0.717) is 0 Å². The molecule has 1 fully saturated rings. The van der Waals surface area contributed by atoms with E-state index in [-0.39, 0.29) is 18.8 Å². The Hall–Kier alpha value is -2.05. The topological polar surface area (TPSA) is 76.2 Å². The summed E-state index contributed by atoms with van der Waals surface area (Å²) in [6.07, 6.45) is 0.853. The van der Waals surface area contributed by atoms with E-state index < -0.39 is 29.4 Å². The number of rotatable bonds is 3. The maximum Gasteiger partial charge on any atom is 0.415 e. The molecule has 1 aliphatic heterocycles. The highest BCUT2D eigenvalue weighted by Crippen LogP contribution is 2.26. The number of likely N-dealkylation sites (tertiary alicyclic amines) is 1. The van der Waals surface area contributed by atoms with Crippen molar-refractivity contribution in [1.29, 1.82) is 0 Å². The highest BCUT2D eigenvalue weighted by molar-refractivity contribution is 6.12. The number of hydrogen-bond donors (Lipinski definition) is 0. The molecule has 1 heterocycles. The lowest BCUT2D eigenvalue weighted by molar-refractivity contribution is -0.149. The van der Waals surface area contributed by atoms with Crippen LogP contribution in [0.2, 0.25) is 0 Å². The van der Waals surface area contributed by atoms with E-state index in [1.165, 1.54) is 11.1 Å². The minimum atomic E-state index is -1.00. The average molecular weight is 312 g/mol. The second-order valence-corrected chi connectivity index (χ2v) is 6.24. The fraction of sp³-hybridized carbons (Fsp3) is 0.667. The summed E-state index contributed by atoms with van der Waals surface area (Å²) in [6, 6.07) is 0. The van der Waals surface area contributed by atoms with E-state index in [4.69, 9.17) is 9.47 Å². The molecule has 0 saturated carbocycles. The van der Waals surface area contributed by atoms with Crippen LogP contribution in [0.25, 0.3) is 0 Å². The van der Waals surface area contributed by atoms with Crippen LogP contribution in [-0.2, 0) is 19.1 Å². The summed E-state index contributed by atoms with van der Waals surface area (Å²) in [5.74, 6) is -2.06. The van der Waals surface area contributed by atoms with Crippen molar-refractivity contribution in [3.63, 3.8) is 0 Å². The Kier molecular flexibility index (Phi) is 5.57. The number of esters is 1. The molecule has 0 bridgehead atoms. The van der Waals surface area contributed by atoms with Crippen LogP contribution in [0.4, 0.5) is 4.79 Å². The van der Waals surface area contributed by atoms with Gasteiger partial charge in [0.1, 0.15) is 17.2 Å². The number of Topliss-reactive ketones (excluding diaryl/α,β-unsaturated/α-hetero) is 1. The average Bonchev–Trinajstić information content (AvgIpc) is 2.65. The lowest BCUT2D eigenvalue weighted by atomic mass is 10.1. The van der Waals surface area contributed by atoms with Gasteiger partial charge in [-0.05, 0) is 27.7 Å². The number of ketones is 1. The molecule has 124 valence electrons. The summed E-state index contributed by atoms with van der Waals surface area (Å²) in [5, 5.41) is 0. The van der Waals surface area contributed by atoms with Crippen LogP contribution in [0.5, 0.6) is 0 Å². The van der Waals surface area contributed by atoms with Gasteiger partial charge in [0.25, 0.3) is 0 Å². The van der Waals surface area contributed by atoms with Crippen molar-refractivity contribution in [2.45, 2.75) is 33.3 Å². The zero-order chi connectivity index (χ0) is 17.1. The molecule has 0 radical (unpaired) electrons. The first kappa shape index (κ1) is 18.0. The number of amides is 1. The standard InChI is InChI=1S/C15H24N2O5/c1-7-21-13(19)10-8-17(14(20)22-15(2,3)4)11(12(10)18)9-16(5)6/h9-10H,7-8H2,1-6H3/b11-9-. The van der Waals surface area contributed by atoms with Gasteiger partial charge >= 0.3 is 12.1 Å². The second kappa shape index (κ2) is 6.81. The zero-order valence-electron chi connectivity index (χ0n) is 14.0. The van der Waals surface area contributed by atoms with Gasteiger partial charge in [-0.15, -0.1) is 0 Å². The van der Waals surface area contributed by atoms with Crippen molar-refractivity contribution in [1.82, 2.24) is 9.80 Å². The summed E-state index contributed by atoms with van der Waals surface area (Å²) in [5.41, 5.74) is -0.553. The number of carbonyl (C=O) groups excluding carboxylic acids is 3. The van der Waals surface area contributed by atoms with Crippen LogP contribution in [0.15, 0.2) is 11.9 Å². The van der Waals surface area contributed by atoms with Crippen molar-refractivity contribution in [2.75, 3.05) is 27.2 Å². The molecule has 1 saturated heterocycles. The Balaban J connectivity index is 3.06. The first-order valence-electron chi connectivity index (χ1n) is 7.16. The minimum Gasteiger partial charge on any atom is -0.465 e. The number of nitrogens with zero attached hydrogens (tertiary/aromatic N) is 2. The zero-order valence-corrected chi connectivity index (χ0v) is 14.0. The van der Waals surface area contributed by atoms with Crippen LogP contribution in [0.3, 0.4) is 0 Å². The van der Waals surface area contributed by atoms with E-state index in [2.05, 4.69) is 0 Å². The third-order valence-electron chi connectivity index (χ3n) is 2.79. The summed E-state index contributed by atoms with van der Waals surface area (Å²) >= 11 is 0. The maximum absolute atomic E-state index is 12.4. The first-order valence-corrected chi connectivity index (χ1v) is 7.16. The molecule has 1 unspecified atom stereocenters. The third-order valence-corrected chi connectivity index (χ3v) is 2.79. The molecule has 0 N–H and O–H groups in total. The van der Waals surface area contributed by atoms with Crippen LogP contribution < -0.4 is 0 Å². The molecule has 0 aromatic heterocycles. The Morgan fingerprint density at radius 3 is 2.41 bits per heavy atom. The van der Waals surface area contributed by atoms with E-state index in [0.717, 1.165) is 0 Å². The molecule has 0 aliphatic carbocycles. The molecule has 1 atom stereocenters. The van der Waals surface area contributed by atoms with Gasteiger partial charge in [-0.2, -0.15) is 0 Å². The summed E-state index contributed by atoms with van der Waals surface area (Å²) in [6.45, 7) is 7.00. The molecule has 1 amide bonds. The predicted molar refractivity (Wildman–Crippen MR) is 79.8 cm³/mol. The van der Waals surface area contributed by atoms with Crippen molar-refractivity contribution in [2.24, 2.45) is 5.92 Å². The number of ether oxygens (including phenoxy) is 2. The molecule has 22 heavy (non-hydrogen) atoms. The van der Waals surface area contributed by atoms with Gasteiger partial charge < -0.3 is 14.4 Å². The largest absolute Gasteiger partial charge is 0.465 e. The number of carbonyl (C=O) groups is 3. The molecule has 1 rings (SSSR count). The second-order valence-electron chi connectivity index (χ2n) is 6.24. The molecular weight excluding hydrogens is 288 g/mol. The number of hydrogen-bond acceptors (Lipinski definition) is 6. The Labute approximate surface area is 130 Å². The molecule has 7 nitrogen and oxygen atoms in total. The van der Waals surface area contributed by atoms with Gasteiger partial charge in [-0.3, -0.25) is 14.5 Å². The summed E-state index contributed by atoms with van der Waals surface area (Å²) in [7, 11) is 3.45. The van der Waals surface area contributed by atoms with Crippen LogP contribution in [0.1, 0.15) is 27.7 Å². The highest BCUT2D eigenvalue weighted by atomic mass is 16.6. The fourth-order valence-electron chi connectivity index (χ4n) is 1.97. The van der Waals surface area contributed by atoms with Crippen molar-refractivity contribution >= 4 is 17.8 Å². The monoisotopic (exact) mass is 312 g/mol. The first-order chi connectivity index (χ1) is 10.1.